The molecule has 1 aromatic carbocycles. The minimum Gasteiger partial charge on any atom is -0.508 e. The summed E-state index contributed by atoms with van der Waals surface area (Å²) >= 11 is 0. The summed E-state index contributed by atoms with van der Waals surface area (Å²) in [4.78, 5) is 2.45. The van der Waals surface area contributed by atoms with E-state index in [1.165, 1.54) is 5.56 Å². The van der Waals surface area contributed by atoms with Crippen molar-refractivity contribution in [1.82, 2.24) is 4.90 Å². The molecule has 1 fully saturated rings. The van der Waals surface area contributed by atoms with E-state index in [4.69, 9.17) is 0 Å². The molecule has 2 atom stereocenters. The van der Waals surface area contributed by atoms with Crippen LogP contribution >= 0.6 is 0 Å². The number of likely N-dealkylation sites (tertiary alicyclic amines) is 1. The van der Waals surface area contributed by atoms with E-state index >= 15 is 0 Å². The zero-order chi connectivity index (χ0) is 13.2. The first kappa shape index (κ1) is 13.2. The van der Waals surface area contributed by atoms with E-state index in [0.29, 0.717) is 11.7 Å². The van der Waals surface area contributed by atoms with Crippen LogP contribution in [0.15, 0.2) is 36.9 Å². The van der Waals surface area contributed by atoms with E-state index in [1.54, 1.807) is 6.07 Å². The molecule has 0 unspecified atom stereocenters. The van der Waals surface area contributed by atoms with Crippen molar-refractivity contribution in [3.8, 4) is 5.75 Å². The highest BCUT2D eigenvalue weighted by Gasteiger charge is 2.37. The zero-order valence-corrected chi connectivity index (χ0v) is 11.4. The monoisotopic (exact) mass is 245 g/mol. The van der Waals surface area contributed by atoms with E-state index < -0.39 is 0 Å². The van der Waals surface area contributed by atoms with E-state index in [-0.39, 0.29) is 5.41 Å². The van der Waals surface area contributed by atoms with Crippen molar-refractivity contribution in [3.05, 3.63) is 42.5 Å². The van der Waals surface area contributed by atoms with Crippen LogP contribution < -0.4 is 0 Å². The normalized spacial score (nSPS) is 29.1. The molecule has 0 bridgehead atoms. The van der Waals surface area contributed by atoms with Gasteiger partial charge in [-0.25, -0.2) is 0 Å². The molecule has 1 aliphatic heterocycles. The number of benzene rings is 1. The SMILES string of the molecule is C=CCN1CC[C@](C)(c2cccc(O)c2)[C@H](C)C1. The van der Waals surface area contributed by atoms with Gasteiger partial charge in [-0.15, -0.1) is 6.58 Å². The summed E-state index contributed by atoms with van der Waals surface area (Å²) in [5.41, 5.74) is 1.42. The van der Waals surface area contributed by atoms with Crippen LogP contribution in [0.2, 0.25) is 0 Å². The quantitative estimate of drug-likeness (QED) is 0.827. The summed E-state index contributed by atoms with van der Waals surface area (Å²) in [5.74, 6) is 0.947. The summed E-state index contributed by atoms with van der Waals surface area (Å²) in [7, 11) is 0. The highest BCUT2D eigenvalue weighted by molar-refractivity contribution is 5.33. The molecule has 2 heteroatoms. The summed E-state index contributed by atoms with van der Waals surface area (Å²) in [6.07, 6.45) is 3.11. The van der Waals surface area contributed by atoms with Crippen LogP contribution in [-0.4, -0.2) is 29.6 Å². The van der Waals surface area contributed by atoms with Gasteiger partial charge in [-0.05, 0) is 42.0 Å². The molecular formula is C16H23NO. The van der Waals surface area contributed by atoms with Gasteiger partial charge in [0.2, 0.25) is 0 Å². The van der Waals surface area contributed by atoms with Crippen LogP contribution in [0.25, 0.3) is 0 Å². The molecule has 1 saturated heterocycles. The number of rotatable bonds is 3. The van der Waals surface area contributed by atoms with Gasteiger partial charge < -0.3 is 5.11 Å². The molecule has 0 aromatic heterocycles. The third-order valence-corrected chi connectivity index (χ3v) is 4.46. The van der Waals surface area contributed by atoms with Crippen molar-refractivity contribution in [2.24, 2.45) is 5.92 Å². The number of hydrogen-bond donors (Lipinski definition) is 1. The molecule has 98 valence electrons. The molecular weight excluding hydrogens is 222 g/mol. The lowest BCUT2D eigenvalue weighted by Gasteiger charge is -2.45. The molecule has 18 heavy (non-hydrogen) atoms. The fourth-order valence-corrected chi connectivity index (χ4v) is 2.96. The average Bonchev–Trinajstić information content (AvgIpc) is 2.34. The Bertz CT molecular complexity index is 429. The van der Waals surface area contributed by atoms with Gasteiger partial charge in [0.15, 0.2) is 0 Å². The largest absolute Gasteiger partial charge is 0.508 e. The molecule has 0 spiro atoms. The molecule has 0 saturated carbocycles. The third kappa shape index (κ3) is 2.44. The highest BCUT2D eigenvalue weighted by Crippen LogP contribution is 2.40. The number of nitrogens with zero attached hydrogens (tertiary/aromatic N) is 1. The van der Waals surface area contributed by atoms with Gasteiger partial charge in [0.05, 0.1) is 0 Å². The Kier molecular flexibility index (Phi) is 3.76. The van der Waals surface area contributed by atoms with Crippen molar-refractivity contribution in [1.29, 1.82) is 0 Å². The van der Waals surface area contributed by atoms with Crippen molar-refractivity contribution in [2.45, 2.75) is 25.7 Å². The van der Waals surface area contributed by atoms with Gasteiger partial charge in [-0.2, -0.15) is 0 Å². The number of aromatic hydroxyl groups is 1. The maximum atomic E-state index is 9.66. The van der Waals surface area contributed by atoms with Gasteiger partial charge in [-0.1, -0.05) is 32.1 Å². The zero-order valence-electron chi connectivity index (χ0n) is 11.4. The van der Waals surface area contributed by atoms with Crippen LogP contribution in [0.5, 0.6) is 5.75 Å². The Labute approximate surface area is 110 Å². The average molecular weight is 245 g/mol. The predicted octanol–water partition coefficient (Wildman–Crippen LogP) is 3.18. The second-order valence-corrected chi connectivity index (χ2v) is 5.67. The number of piperidine rings is 1. The first-order valence-corrected chi connectivity index (χ1v) is 6.69. The van der Waals surface area contributed by atoms with E-state index in [2.05, 4.69) is 31.4 Å². The Morgan fingerprint density at radius 2 is 2.33 bits per heavy atom. The van der Waals surface area contributed by atoms with E-state index in [0.717, 1.165) is 26.1 Å². The lowest BCUT2D eigenvalue weighted by Crippen LogP contribution is -2.47. The third-order valence-electron chi connectivity index (χ3n) is 4.46. The molecule has 1 aliphatic rings. The van der Waals surface area contributed by atoms with Crippen molar-refractivity contribution in [3.63, 3.8) is 0 Å². The number of phenols is 1. The molecule has 0 radical (unpaired) electrons. The predicted molar refractivity (Wildman–Crippen MR) is 75.9 cm³/mol. The highest BCUT2D eigenvalue weighted by atomic mass is 16.3. The van der Waals surface area contributed by atoms with E-state index in [9.17, 15) is 5.11 Å². The fourth-order valence-electron chi connectivity index (χ4n) is 2.96. The van der Waals surface area contributed by atoms with Crippen LogP contribution in [0, 0.1) is 5.92 Å². The summed E-state index contributed by atoms with van der Waals surface area (Å²) in [6, 6.07) is 7.74. The van der Waals surface area contributed by atoms with Gasteiger partial charge in [0.25, 0.3) is 0 Å². The van der Waals surface area contributed by atoms with Crippen molar-refractivity contribution >= 4 is 0 Å². The van der Waals surface area contributed by atoms with Crippen LogP contribution in [0.3, 0.4) is 0 Å². The van der Waals surface area contributed by atoms with E-state index in [1.807, 2.05) is 18.2 Å². The first-order chi connectivity index (χ1) is 8.56. The summed E-state index contributed by atoms with van der Waals surface area (Å²) in [5, 5.41) is 9.66. The second kappa shape index (κ2) is 5.15. The molecule has 2 rings (SSSR count). The minimum atomic E-state index is 0.163. The molecule has 1 aromatic rings. The van der Waals surface area contributed by atoms with Crippen LogP contribution in [0.4, 0.5) is 0 Å². The summed E-state index contributed by atoms with van der Waals surface area (Å²) < 4.78 is 0. The molecule has 1 N–H and O–H groups in total. The smallest absolute Gasteiger partial charge is 0.115 e. The second-order valence-electron chi connectivity index (χ2n) is 5.67. The number of phenolic OH excluding ortho intramolecular Hbond substituents is 1. The molecule has 2 nitrogen and oxygen atoms in total. The molecule has 0 aliphatic carbocycles. The van der Waals surface area contributed by atoms with Gasteiger partial charge in [0.1, 0.15) is 5.75 Å². The first-order valence-electron chi connectivity index (χ1n) is 6.69. The maximum Gasteiger partial charge on any atom is 0.115 e. The maximum absolute atomic E-state index is 9.66. The van der Waals surface area contributed by atoms with Crippen LogP contribution in [0.1, 0.15) is 25.8 Å². The number of hydrogen-bond acceptors (Lipinski definition) is 2. The van der Waals surface area contributed by atoms with Gasteiger partial charge in [-0.3, -0.25) is 4.90 Å². The topological polar surface area (TPSA) is 23.5 Å². The Morgan fingerprint density at radius 1 is 1.56 bits per heavy atom. The van der Waals surface area contributed by atoms with Gasteiger partial charge in [0, 0.05) is 13.1 Å². The van der Waals surface area contributed by atoms with Crippen molar-refractivity contribution < 1.29 is 5.11 Å². The Hall–Kier alpha value is -1.28. The van der Waals surface area contributed by atoms with Crippen molar-refractivity contribution in [2.75, 3.05) is 19.6 Å². The minimum absolute atomic E-state index is 0.163. The summed E-state index contributed by atoms with van der Waals surface area (Å²) in [6.45, 7) is 11.6. The van der Waals surface area contributed by atoms with Crippen LogP contribution in [-0.2, 0) is 5.41 Å². The lowest BCUT2D eigenvalue weighted by molar-refractivity contribution is 0.121. The standard InChI is InChI=1S/C16H23NO/c1-4-9-17-10-8-16(3,13(2)12-17)14-6-5-7-15(18)11-14/h4-7,11,13,18H,1,8-10,12H2,2-3H3/t13-,16+/m1/s1. The lowest BCUT2D eigenvalue weighted by atomic mass is 9.68. The Balaban J connectivity index is 2.19. The fraction of sp³-hybridized carbons (Fsp3) is 0.500. The Morgan fingerprint density at radius 3 is 2.94 bits per heavy atom. The molecule has 0 amide bonds. The van der Waals surface area contributed by atoms with Gasteiger partial charge >= 0.3 is 0 Å². The molecule has 1 heterocycles.